The van der Waals surface area contributed by atoms with Crippen LogP contribution in [-0.4, -0.2) is 47.5 Å². The van der Waals surface area contributed by atoms with Crippen molar-refractivity contribution in [1.29, 1.82) is 0 Å². The van der Waals surface area contributed by atoms with Crippen molar-refractivity contribution in [2.75, 3.05) is 13.1 Å². The Kier molecular flexibility index (Phi) is 9.11. The van der Waals surface area contributed by atoms with Crippen molar-refractivity contribution in [3.8, 4) is 11.1 Å². The highest BCUT2D eigenvalue weighted by Gasteiger charge is 2.35. The Bertz CT molecular complexity index is 1760. The monoisotopic (exact) mass is 615 g/mol. The second kappa shape index (κ2) is 12.8. The maximum Gasteiger partial charge on any atom is 0.261 e. The van der Waals surface area contributed by atoms with E-state index in [1.165, 1.54) is 9.21 Å². The molecule has 7 nitrogen and oxygen atoms in total. The average Bonchev–Trinajstić information content (AvgIpc) is 3.26. The summed E-state index contributed by atoms with van der Waals surface area (Å²) in [6.45, 7) is 6.07. The largest absolute Gasteiger partial charge is 0.274 e. The number of halogens is 1. The van der Waals surface area contributed by atoms with Gasteiger partial charge in [-0.2, -0.15) is 4.31 Å². The first-order valence-electron chi connectivity index (χ1n) is 14.4. The predicted octanol–water partition coefficient (Wildman–Crippen LogP) is 7.10. The van der Waals surface area contributed by atoms with Gasteiger partial charge in [0, 0.05) is 36.5 Å². The average molecular weight is 616 g/mol. The summed E-state index contributed by atoms with van der Waals surface area (Å²) in [5, 5.41) is 0.381. The molecule has 0 bridgehead atoms. The number of sulfonamides is 1. The second-order valence-corrected chi connectivity index (χ2v) is 12.9. The third kappa shape index (κ3) is 6.00. The van der Waals surface area contributed by atoms with Gasteiger partial charge in [-0.05, 0) is 97.3 Å². The van der Waals surface area contributed by atoms with Gasteiger partial charge in [0.2, 0.25) is 10.0 Å². The lowest BCUT2D eigenvalue weighted by Gasteiger charge is -2.30. The van der Waals surface area contributed by atoms with Crippen LogP contribution in [0.15, 0.2) is 90.1 Å². The van der Waals surface area contributed by atoms with Crippen molar-refractivity contribution in [2.45, 2.75) is 51.0 Å². The highest BCUT2D eigenvalue weighted by molar-refractivity contribution is 7.89. The fourth-order valence-electron chi connectivity index (χ4n) is 5.62. The first kappa shape index (κ1) is 30.6. The number of imide groups is 1. The molecule has 0 unspecified atom stereocenters. The molecular formula is C34H34ClN3O4S. The highest BCUT2D eigenvalue weighted by atomic mass is 35.5. The number of benzene rings is 3. The molecule has 9 heteroatoms. The Morgan fingerprint density at radius 3 is 2.30 bits per heavy atom. The maximum atomic E-state index is 14.2. The van der Waals surface area contributed by atoms with Gasteiger partial charge < -0.3 is 0 Å². The number of aryl methyl sites for hydroxylation is 1. The summed E-state index contributed by atoms with van der Waals surface area (Å²) in [6.07, 6.45) is 5.34. The molecule has 0 radical (unpaired) electrons. The van der Waals surface area contributed by atoms with Crippen LogP contribution in [0.5, 0.6) is 0 Å². The number of pyridine rings is 1. The zero-order chi connectivity index (χ0) is 30.7. The molecule has 0 saturated heterocycles. The number of aromatic nitrogens is 1. The molecular weight excluding hydrogens is 582 g/mol. The van der Waals surface area contributed by atoms with E-state index in [0.29, 0.717) is 34.6 Å². The summed E-state index contributed by atoms with van der Waals surface area (Å²) < 4.78 is 29.9. The van der Waals surface area contributed by atoms with E-state index in [2.05, 4.69) is 11.9 Å². The molecule has 222 valence electrons. The van der Waals surface area contributed by atoms with Crippen LogP contribution in [0.1, 0.15) is 70.1 Å². The van der Waals surface area contributed by atoms with Crippen LogP contribution >= 0.6 is 11.6 Å². The Labute approximate surface area is 258 Å². The van der Waals surface area contributed by atoms with E-state index in [9.17, 15) is 18.0 Å². The van der Waals surface area contributed by atoms with E-state index < -0.39 is 16.1 Å². The van der Waals surface area contributed by atoms with Gasteiger partial charge in [-0.3, -0.25) is 19.5 Å². The smallest absolute Gasteiger partial charge is 0.261 e. The zero-order valence-corrected chi connectivity index (χ0v) is 26.0. The SMILES string of the molecule is CCc1cnccc1-c1cccc([C@H](C)N(CCCCN2C(=O)c3ccccc3C2=O)S(=O)(=O)c2cccc(Cl)c2C)c1. The zero-order valence-electron chi connectivity index (χ0n) is 24.5. The van der Waals surface area contributed by atoms with Gasteiger partial charge in [-0.25, -0.2) is 8.42 Å². The van der Waals surface area contributed by atoms with Crippen molar-refractivity contribution in [2.24, 2.45) is 0 Å². The van der Waals surface area contributed by atoms with E-state index in [4.69, 9.17) is 11.6 Å². The number of carbonyl (C=O) groups is 2. The summed E-state index contributed by atoms with van der Waals surface area (Å²) in [7, 11) is -3.97. The summed E-state index contributed by atoms with van der Waals surface area (Å²) in [5.74, 6) is -0.625. The van der Waals surface area contributed by atoms with Crippen LogP contribution in [-0.2, 0) is 16.4 Å². The van der Waals surface area contributed by atoms with Gasteiger partial charge >= 0.3 is 0 Å². The molecule has 1 atom stereocenters. The molecule has 43 heavy (non-hydrogen) atoms. The molecule has 0 fully saturated rings. The molecule has 5 rings (SSSR count). The minimum atomic E-state index is -3.97. The third-order valence-electron chi connectivity index (χ3n) is 8.09. The van der Waals surface area contributed by atoms with Gasteiger partial charge in [0.15, 0.2) is 0 Å². The van der Waals surface area contributed by atoms with Crippen molar-refractivity contribution in [1.82, 2.24) is 14.2 Å². The molecule has 4 aromatic rings. The van der Waals surface area contributed by atoms with Crippen LogP contribution < -0.4 is 0 Å². The van der Waals surface area contributed by atoms with Gasteiger partial charge in [0.1, 0.15) is 0 Å². The number of unbranched alkanes of at least 4 members (excludes halogenated alkanes) is 1. The van der Waals surface area contributed by atoms with E-state index in [1.54, 1.807) is 55.6 Å². The minimum absolute atomic E-state index is 0.158. The lowest BCUT2D eigenvalue weighted by atomic mass is 9.97. The Morgan fingerprint density at radius 2 is 1.60 bits per heavy atom. The minimum Gasteiger partial charge on any atom is -0.274 e. The number of hydrogen-bond acceptors (Lipinski definition) is 5. The van der Waals surface area contributed by atoms with Crippen LogP contribution in [0.4, 0.5) is 0 Å². The number of hydrogen-bond donors (Lipinski definition) is 0. The van der Waals surface area contributed by atoms with Crippen molar-refractivity contribution in [3.63, 3.8) is 0 Å². The van der Waals surface area contributed by atoms with E-state index in [1.807, 2.05) is 43.5 Å². The highest BCUT2D eigenvalue weighted by Crippen LogP contribution is 2.34. The van der Waals surface area contributed by atoms with Crippen molar-refractivity contribution in [3.05, 3.63) is 118 Å². The van der Waals surface area contributed by atoms with Crippen LogP contribution in [0.25, 0.3) is 11.1 Å². The van der Waals surface area contributed by atoms with E-state index >= 15 is 0 Å². The number of rotatable bonds is 11. The molecule has 0 spiro atoms. The number of amides is 2. The van der Waals surface area contributed by atoms with Crippen LogP contribution in [0.3, 0.4) is 0 Å². The van der Waals surface area contributed by atoms with E-state index in [0.717, 1.165) is 28.7 Å². The predicted molar refractivity (Wildman–Crippen MR) is 169 cm³/mol. The number of nitrogens with zero attached hydrogens (tertiary/aromatic N) is 3. The normalized spacial score (nSPS) is 13.9. The Hall–Kier alpha value is -3.85. The summed E-state index contributed by atoms with van der Waals surface area (Å²) in [6, 6.07) is 21.1. The maximum absolute atomic E-state index is 14.2. The Morgan fingerprint density at radius 1 is 0.907 bits per heavy atom. The molecule has 0 aliphatic carbocycles. The van der Waals surface area contributed by atoms with Crippen molar-refractivity contribution < 1.29 is 18.0 Å². The first-order valence-corrected chi connectivity index (χ1v) is 16.2. The lowest BCUT2D eigenvalue weighted by Crippen LogP contribution is -2.36. The van der Waals surface area contributed by atoms with Gasteiger partial charge in [-0.1, -0.05) is 54.9 Å². The fraction of sp³-hybridized carbons (Fsp3) is 0.265. The van der Waals surface area contributed by atoms with E-state index in [-0.39, 0.29) is 29.8 Å². The summed E-state index contributed by atoms with van der Waals surface area (Å²) >= 11 is 6.35. The standard InChI is InChI=1S/C34H34ClN3O4S/c1-4-25-22-36-18-17-28(25)27-12-9-11-26(21-27)24(3)38(43(41,42)32-16-10-15-31(35)23(32)2)20-8-7-19-37-33(39)29-13-5-6-14-30(29)34(37)40/h5-6,9-18,21-22,24H,4,7-8,19-20H2,1-3H3/t24-/m0/s1. The topological polar surface area (TPSA) is 87.7 Å². The quantitative estimate of drug-likeness (QED) is 0.133. The van der Waals surface area contributed by atoms with Gasteiger partial charge in [0.05, 0.1) is 16.0 Å². The van der Waals surface area contributed by atoms with Gasteiger partial charge in [-0.15, -0.1) is 0 Å². The fourth-order valence-corrected chi connectivity index (χ4v) is 7.76. The molecule has 1 aliphatic rings. The second-order valence-electron chi connectivity index (χ2n) is 10.7. The number of fused-ring (bicyclic) bond motifs is 1. The van der Waals surface area contributed by atoms with Crippen molar-refractivity contribution >= 4 is 33.4 Å². The first-order chi connectivity index (χ1) is 20.6. The van der Waals surface area contributed by atoms with Crippen LogP contribution in [0, 0.1) is 6.92 Å². The lowest BCUT2D eigenvalue weighted by molar-refractivity contribution is 0.0650. The third-order valence-corrected chi connectivity index (χ3v) is 10.6. The molecule has 3 aromatic carbocycles. The molecule has 1 aliphatic heterocycles. The summed E-state index contributed by atoms with van der Waals surface area (Å²) in [4.78, 5) is 31.3. The molecule has 0 saturated carbocycles. The number of carbonyl (C=O) groups excluding carboxylic acids is 2. The molecule has 1 aromatic heterocycles. The molecule has 0 N–H and O–H groups in total. The summed E-state index contributed by atoms with van der Waals surface area (Å²) in [5.41, 5.74) is 5.31. The molecule has 2 heterocycles. The Balaban J connectivity index is 1.41. The molecule has 2 amide bonds. The van der Waals surface area contributed by atoms with Crippen LogP contribution in [0.2, 0.25) is 5.02 Å². The van der Waals surface area contributed by atoms with Gasteiger partial charge in [0.25, 0.3) is 11.8 Å².